The molecule has 0 spiro atoms. The molecule has 0 fully saturated rings. The minimum Gasteiger partial charge on any atom is -0.497 e. The van der Waals surface area contributed by atoms with Gasteiger partial charge in [0.25, 0.3) is 0 Å². The average Bonchev–Trinajstić information content (AvgIpc) is 3.02. The molecular weight excluding hydrogens is 500 g/mol. The van der Waals surface area contributed by atoms with Gasteiger partial charge in [0.05, 0.1) is 38.5 Å². The largest absolute Gasteiger partial charge is 0.497 e. The van der Waals surface area contributed by atoms with Crippen LogP contribution in [-0.4, -0.2) is 26.8 Å². The van der Waals surface area contributed by atoms with Crippen LogP contribution in [0.1, 0.15) is 36.6 Å². The molecular formula is C34H34N2O4. The van der Waals surface area contributed by atoms with E-state index in [1.54, 1.807) is 14.2 Å². The number of esters is 1. The minimum absolute atomic E-state index is 0.0706. The van der Waals surface area contributed by atoms with Crippen LogP contribution in [0.3, 0.4) is 0 Å². The molecule has 2 atom stereocenters. The van der Waals surface area contributed by atoms with E-state index >= 15 is 0 Å². The van der Waals surface area contributed by atoms with Crippen molar-refractivity contribution in [3.8, 4) is 11.5 Å². The van der Waals surface area contributed by atoms with Gasteiger partial charge in [0.1, 0.15) is 11.5 Å². The Bertz CT molecular complexity index is 1440. The minimum atomic E-state index is -0.409. The second-order valence-corrected chi connectivity index (χ2v) is 9.52. The maximum absolute atomic E-state index is 13.8. The first kappa shape index (κ1) is 26.9. The molecule has 0 amide bonds. The SMILES string of the molecule is CCOC(=O)C1=C(Nc2ccc(OC)cc2)C[C@H](c2ccccc2)N(c2ccc(OC)cc2)[C@H]1c1ccccc1. The van der Waals surface area contributed by atoms with Crippen LogP contribution in [0.4, 0.5) is 11.4 Å². The van der Waals surface area contributed by atoms with E-state index in [0.29, 0.717) is 12.0 Å². The van der Waals surface area contributed by atoms with E-state index < -0.39 is 6.04 Å². The van der Waals surface area contributed by atoms with Crippen molar-refractivity contribution in [2.45, 2.75) is 25.4 Å². The number of methoxy groups -OCH3 is 2. The van der Waals surface area contributed by atoms with Crippen LogP contribution in [0.25, 0.3) is 0 Å². The van der Waals surface area contributed by atoms with Gasteiger partial charge in [-0.05, 0) is 66.6 Å². The van der Waals surface area contributed by atoms with Gasteiger partial charge in [-0.25, -0.2) is 4.79 Å². The highest BCUT2D eigenvalue weighted by atomic mass is 16.5. The monoisotopic (exact) mass is 534 g/mol. The van der Waals surface area contributed by atoms with Crippen LogP contribution in [0.2, 0.25) is 0 Å². The van der Waals surface area contributed by atoms with Gasteiger partial charge in [-0.15, -0.1) is 0 Å². The Morgan fingerprint density at radius 2 is 1.32 bits per heavy atom. The summed E-state index contributed by atoms with van der Waals surface area (Å²) in [6.45, 7) is 2.12. The third-order valence-corrected chi connectivity index (χ3v) is 7.16. The number of hydrogen-bond donors (Lipinski definition) is 1. The number of nitrogens with zero attached hydrogens (tertiary/aromatic N) is 1. The summed E-state index contributed by atoms with van der Waals surface area (Å²) < 4.78 is 16.5. The Balaban J connectivity index is 1.73. The number of carbonyl (C=O) groups is 1. The van der Waals surface area contributed by atoms with Gasteiger partial charge in [-0.2, -0.15) is 0 Å². The van der Waals surface area contributed by atoms with Gasteiger partial charge in [0.2, 0.25) is 0 Å². The van der Waals surface area contributed by atoms with Gasteiger partial charge in [-0.3, -0.25) is 0 Å². The lowest BCUT2D eigenvalue weighted by Gasteiger charge is -2.46. The van der Waals surface area contributed by atoms with Gasteiger partial charge < -0.3 is 24.4 Å². The van der Waals surface area contributed by atoms with E-state index in [4.69, 9.17) is 14.2 Å². The first-order valence-electron chi connectivity index (χ1n) is 13.5. The van der Waals surface area contributed by atoms with E-state index in [9.17, 15) is 4.79 Å². The standard InChI is InChI=1S/C34H34N2O4/c1-4-40-34(37)32-30(35-26-15-19-28(38-2)20-16-26)23-31(24-11-7-5-8-12-24)36(27-17-21-29(39-3)22-18-27)33(32)25-13-9-6-10-14-25/h5-22,31,33,35H,4,23H2,1-3H3/t31-,33+/m1/s1. The number of hydrogen-bond acceptors (Lipinski definition) is 6. The maximum Gasteiger partial charge on any atom is 0.338 e. The summed E-state index contributed by atoms with van der Waals surface area (Å²) in [6.07, 6.45) is 0.569. The van der Waals surface area contributed by atoms with Crippen LogP contribution in [0, 0.1) is 0 Å². The molecule has 0 radical (unpaired) electrons. The molecule has 6 heteroatoms. The van der Waals surface area contributed by atoms with Gasteiger partial charge in [-0.1, -0.05) is 60.7 Å². The summed E-state index contributed by atoms with van der Waals surface area (Å²) in [5.74, 6) is 1.21. The molecule has 0 saturated heterocycles. The number of nitrogens with one attached hydrogen (secondary N) is 1. The zero-order chi connectivity index (χ0) is 27.9. The second-order valence-electron chi connectivity index (χ2n) is 9.52. The highest BCUT2D eigenvalue weighted by Gasteiger charge is 2.41. The summed E-state index contributed by atoms with van der Waals surface area (Å²) in [4.78, 5) is 16.1. The Morgan fingerprint density at radius 3 is 1.88 bits per heavy atom. The fourth-order valence-corrected chi connectivity index (χ4v) is 5.30. The number of carbonyl (C=O) groups excluding carboxylic acids is 1. The molecule has 0 saturated carbocycles. The average molecular weight is 535 g/mol. The quantitative estimate of drug-likeness (QED) is 0.227. The van der Waals surface area contributed by atoms with Gasteiger partial charge >= 0.3 is 5.97 Å². The molecule has 1 heterocycles. The van der Waals surface area contributed by atoms with Crippen molar-refractivity contribution in [3.63, 3.8) is 0 Å². The predicted octanol–water partition coefficient (Wildman–Crippen LogP) is 7.33. The van der Waals surface area contributed by atoms with Crippen molar-refractivity contribution in [2.24, 2.45) is 0 Å². The summed E-state index contributed by atoms with van der Waals surface area (Å²) in [5, 5.41) is 3.59. The Kier molecular flexibility index (Phi) is 8.35. The maximum atomic E-state index is 13.8. The fraction of sp³-hybridized carbons (Fsp3) is 0.206. The lowest BCUT2D eigenvalue weighted by atomic mass is 9.84. The smallest absolute Gasteiger partial charge is 0.338 e. The van der Waals surface area contributed by atoms with E-state index in [2.05, 4.69) is 58.7 Å². The highest BCUT2D eigenvalue weighted by molar-refractivity contribution is 5.93. The third-order valence-electron chi connectivity index (χ3n) is 7.16. The van der Waals surface area contributed by atoms with E-state index in [0.717, 1.165) is 39.7 Å². The molecule has 1 aliphatic rings. The first-order valence-corrected chi connectivity index (χ1v) is 13.5. The molecule has 1 N–H and O–H groups in total. The molecule has 0 aromatic heterocycles. The zero-order valence-corrected chi connectivity index (χ0v) is 23.0. The van der Waals surface area contributed by atoms with E-state index in [1.165, 1.54) is 0 Å². The molecule has 204 valence electrons. The lowest BCUT2D eigenvalue weighted by molar-refractivity contribution is -0.139. The Morgan fingerprint density at radius 1 is 0.775 bits per heavy atom. The number of benzene rings is 4. The number of rotatable bonds is 9. The van der Waals surface area contributed by atoms with Gasteiger partial charge in [0, 0.05) is 23.5 Å². The van der Waals surface area contributed by atoms with Crippen LogP contribution in [-0.2, 0) is 9.53 Å². The molecule has 4 aromatic rings. The number of ether oxygens (including phenoxy) is 3. The molecule has 0 unspecified atom stereocenters. The topological polar surface area (TPSA) is 60.0 Å². The van der Waals surface area contributed by atoms with Crippen molar-refractivity contribution >= 4 is 17.3 Å². The van der Waals surface area contributed by atoms with Crippen molar-refractivity contribution in [3.05, 3.63) is 132 Å². The number of anilines is 2. The Hall–Kier alpha value is -4.71. The lowest BCUT2D eigenvalue weighted by Crippen LogP contribution is -2.41. The van der Waals surface area contributed by atoms with Crippen molar-refractivity contribution in [1.29, 1.82) is 0 Å². The fourth-order valence-electron chi connectivity index (χ4n) is 5.30. The van der Waals surface area contributed by atoms with Crippen molar-refractivity contribution in [2.75, 3.05) is 31.0 Å². The van der Waals surface area contributed by atoms with E-state index in [-0.39, 0.29) is 18.6 Å². The molecule has 0 bridgehead atoms. The van der Waals surface area contributed by atoms with E-state index in [1.807, 2.05) is 67.6 Å². The zero-order valence-electron chi connectivity index (χ0n) is 23.0. The molecule has 0 aliphatic carbocycles. The summed E-state index contributed by atoms with van der Waals surface area (Å²) >= 11 is 0. The van der Waals surface area contributed by atoms with Crippen molar-refractivity contribution in [1.82, 2.24) is 0 Å². The molecule has 4 aromatic carbocycles. The first-order chi connectivity index (χ1) is 19.6. The summed E-state index contributed by atoms with van der Waals surface area (Å²) in [7, 11) is 3.31. The van der Waals surface area contributed by atoms with Crippen molar-refractivity contribution < 1.29 is 19.0 Å². The van der Waals surface area contributed by atoms with Gasteiger partial charge in [0.15, 0.2) is 0 Å². The molecule has 40 heavy (non-hydrogen) atoms. The molecule has 1 aliphatic heterocycles. The highest BCUT2D eigenvalue weighted by Crippen LogP contribution is 2.48. The third kappa shape index (κ3) is 5.66. The van der Waals surface area contributed by atoms with Crippen LogP contribution >= 0.6 is 0 Å². The Labute approximate surface area is 235 Å². The molecule has 6 nitrogen and oxygen atoms in total. The second kappa shape index (κ2) is 12.4. The van der Waals surface area contributed by atoms with Crippen LogP contribution in [0.15, 0.2) is 120 Å². The van der Waals surface area contributed by atoms with Crippen LogP contribution < -0.4 is 19.7 Å². The summed E-state index contributed by atoms with van der Waals surface area (Å²) in [6, 6.07) is 35.8. The molecule has 5 rings (SSSR count). The van der Waals surface area contributed by atoms with Crippen LogP contribution in [0.5, 0.6) is 11.5 Å². The predicted molar refractivity (Wildman–Crippen MR) is 159 cm³/mol. The normalized spacial score (nSPS) is 16.8. The summed E-state index contributed by atoms with van der Waals surface area (Å²) in [5.41, 5.74) is 5.41.